The molecule has 2 rings (SSSR count). The molecule has 0 spiro atoms. The summed E-state index contributed by atoms with van der Waals surface area (Å²) in [5.74, 6) is 0. The third kappa shape index (κ3) is 1.78. The highest BCUT2D eigenvalue weighted by Gasteiger charge is 2.20. The van der Waals surface area contributed by atoms with E-state index in [9.17, 15) is 14.7 Å². The number of rotatable bonds is 1. The van der Waals surface area contributed by atoms with E-state index >= 15 is 0 Å². The first-order chi connectivity index (χ1) is 7.08. The second-order valence-electron chi connectivity index (χ2n) is 3.71. The van der Waals surface area contributed by atoms with E-state index in [1.807, 2.05) is 0 Å². The molecule has 0 amide bonds. The number of aliphatic hydroxyl groups excluding tert-OH is 1. The molecule has 2 atom stereocenters. The van der Waals surface area contributed by atoms with Crippen LogP contribution in [-0.4, -0.2) is 20.8 Å². The fraction of sp³-hybridized carbons (Fsp3) is 0.400. The van der Waals surface area contributed by atoms with Gasteiger partial charge in [-0.25, -0.2) is 4.79 Å². The van der Waals surface area contributed by atoms with E-state index in [1.165, 1.54) is 10.6 Å². The summed E-state index contributed by atoms with van der Waals surface area (Å²) in [6, 6.07) is 1.21. The van der Waals surface area contributed by atoms with Gasteiger partial charge in [-0.15, -0.1) is 0 Å². The standard InChI is InChI=1S/C10H12N2O3/c1-6-4-9(14)11-10(15)12(6)7-2-3-8(13)5-7/h2-4,7-8,13H,5H2,1H3,(H,11,14,15)/t7-,8+/m0/s1. The maximum atomic E-state index is 11.5. The van der Waals surface area contributed by atoms with Crippen molar-refractivity contribution < 1.29 is 5.11 Å². The fourth-order valence-electron chi connectivity index (χ4n) is 1.89. The molecule has 0 bridgehead atoms. The number of nitrogens with one attached hydrogen (secondary N) is 1. The van der Waals surface area contributed by atoms with E-state index in [1.54, 1.807) is 19.1 Å². The average Bonchev–Trinajstić information content (AvgIpc) is 2.49. The minimum atomic E-state index is -0.506. The van der Waals surface area contributed by atoms with Crippen molar-refractivity contribution in [2.45, 2.75) is 25.5 Å². The molecular formula is C10H12N2O3. The molecule has 15 heavy (non-hydrogen) atoms. The Labute approximate surface area is 85.7 Å². The second-order valence-corrected chi connectivity index (χ2v) is 3.71. The summed E-state index contributed by atoms with van der Waals surface area (Å²) in [5, 5.41) is 9.32. The van der Waals surface area contributed by atoms with Crippen LogP contribution in [-0.2, 0) is 0 Å². The summed E-state index contributed by atoms with van der Waals surface area (Å²) in [4.78, 5) is 24.8. The van der Waals surface area contributed by atoms with E-state index in [2.05, 4.69) is 4.98 Å². The normalized spacial score (nSPS) is 24.7. The zero-order valence-electron chi connectivity index (χ0n) is 8.30. The third-order valence-electron chi connectivity index (χ3n) is 2.54. The lowest BCUT2D eigenvalue weighted by atomic mass is 10.2. The van der Waals surface area contributed by atoms with Crippen LogP contribution in [0.1, 0.15) is 18.2 Å². The topological polar surface area (TPSA) is 75.1 Å². The number of allylic oxidation sites excluding steroid dienone is 1. The lowest BCUT2D eigenvalue weighted by molar-refractivity contribution is 0.209. The first-order valence-electron chi connectivity index (χ1n) is 4.77. The van der Waals surface area contributed by atoms with Gasteiger partial charge in [0.1, 0.15) is 0 Å². The van der Waals surface area contributed by atoms with Crippen LogP contribution in [0.15, 0.2) is 27.8 Å². The summed E-state index contributed by atoms with van der Waals surface area (Å²) >= 11 is 0. The molecule has 2 N–H and O–H groups in total. The van der Waals surface area contributed by atoms with Crippen LogP contribution < -0.4 is 11.2 Å². The van der Waals surface area contributed by atoms with Crippen LogP contribution in [0.3, 0.4) is 0 Å². The van der Waals surface area contributed by atoms with Crippen molar-refractivity contribution in [3.8, 4) is 0 Å². The number of aliphatic hydroxyl groups is 1. The predicted molar refractivity (Wildman–Crippen MR) is 54.9 cm³/mol. The van der Waals surface area contributed by atoms with Gasteiger partial charge in [-0.1, -0.05) is 12.2 Å². The zero-order valence-corrected chi connectivity index (χ0v) is 8.30. The van der Waals surface area contributed by atoms with Crippen molar-refractivity contribution in [3.05, 3.63) is 44.8 Å². The first kappa shape index (κ1) is 9.92. The van der Waals surface area contributed by atoms with Gasteiger partial charge >= 0.3 is 5.69 Å². The Morgan fingerprint density at radius 1 is 1.47 bits per heavy atom. The molecule has 0 aliphatic heterocycles. The molecule has 1 aromatic rings. The molecule has 1 heterocycles. The van der Waals surface area contributed by atoms with Crippen molar-refractivity contribution in [1.29, 1.82) is 0 Å². The Balaban J connectivity index is 2.50. The van der Waals surface area contributed by atoms with Gasteiger partial charge < -0.3 is 5.11 Å². The molecule has 0 unspecified atom stereocenters. The molecule has 0 aromatic carbocycles. The summed E-state index contributed by atoms with van der Waals surface area (Å²) in [6.07, 6.45) is 3.40. The molecule has 1 aromatic heterocycles. The molecule has 5 nitrogen and oxygen atoms in total. The van der Waals surface area contributed by atoms with Gasteiger partial charge in [0.25, 0.3) is 5.56 Å². The lowest BCUT2D eigenvalue weighted by Gasteiger charge is -2.14. The Morgan fingerprint density at radius 3 is 2.73 bits per heavy atom. The van der Waals surface area contributed by atoms with Crippen molar-refractivity contribution in [2.24, 2.45) is 0 Å². The number of hydrogen-bond acceptors (Lipinski definition) is 3. The molecular weight excluding hydrogens is 196 g/mol. The van der Waals surface area contributed by atoms with Crippen LogP contribution in [0, 0.1) is 6.92 Å². The minimum Gasteiger partial charge on any atom is -0.389 e. The monoisotopic (exact) mass is 208 g/mol. The molecule has 1 aliphatic carbocycles. The molecule has 1 aliphatic rings. The Morgan fingerprint density at radius 2 is 2.20 bits per heavy atom. The Kier molecular flexibility index (Phi) is 2.32. The summed E-state index contributed by atoms with van der Waals surface area (Å²) in [7, 11) is 0. The van der Waals surface area contributed by atoms with E-state index in [0.717, 1.165) is 0 Å². The molecule has 80 valence electrons. The summed E-state index contributed by atoms with van der Waals surface area (Å²) in [5.41, 5.74) is -0.215. The maximum absolute atomic E-state index is 11.5. The smallest absolute Gasteiger partial charge is 0.329 e. The van der Waals surface area contributed by atoms with Gasteiger partial charge in [-0.05, 0) is 6.92 Å². The number of aromatic nitrogens is 2. The number of aromatic amines is 1. The maximum Gasteiger partial charge on any atom is 0.329 e. The van der Waals surface area contributed by atoms with Crippen LogP contribution in [0.2, 0.25) is 0 Å². The fourth-order valence-corrected chi connectivity index (χ4v) is 1.89. The van der Waals surface area contributed by atoms with Gasteiger partial charge in [0.2, 0.25) is 0 Å². The van der Waals surface area contributed by atoms with Gasteiger partial charge in [0.05, 0.1) is 12.1 Å². The quantitative estimate of drug-likeness (QED) is 0.622. The number of aryl methyl sites for hydroxylation is 1. The van der Waals surface area contributed by atoms with Gasteiger partial charge in [0.15, 0.2) is 0 Å². The zero-order chi connectivity index (χ0) is 11.0. The molecule has 0 radical (unpaired) electrons. The molecule has 5 heteroatoms. The Bertz CT molecular complexity index is 512. The first-order valence-corrected chi connectivity index (χ1v) is 4.77. The largest absolute Gasteiger partial charge is 0.389 e. The highest BCUT2D eigenvalue weighted by atomic mass is 16.3. The van der Waals surface area contributed by atoms with E-state index < -0.39 is 17.4 Å². The summed E-state index contributed by atoms with van der Waals surface area (Å²) < 4.78 is 1.48. The van der Waals surface area contributed by atoms with Crippen LogP contribution >= 0.6 is 0 Å². The van der Waals surface area contributed by atoms with Crippen molar-refractivity contribution in [2.75, 3.05) is 0 Å². The van der Waals surface area contributed by atoms with Crippen molar-refractivity contribution in [3.63, 3.8) is 0 Å². The van der Waals surface area contributed by atoms with Gasteiger partial charge in [-0.2, -0.15) is 0 Å². The van der Waals surface area contributed by atoms with Crippen LogP contribution in [0.25, 0.3) is 0 Å². The van der Waals surface area contributed by atoms with Crippen molar-refractivity contribution >= 4 is 0 Å². The van der Waals surface area contributed by atoms with E-state index in [4.69, 9.17) is 0 Å². The molecule has 0 fully saturated rings. The van der Waals surface area contributed by atoms with E-state index in [0.29, 0.717) is 12.1 Å². The highest BCUT2D eigenvalue weighted by molar-refractivity contribution is 5.10. The number of hydrogen-bond donors (Lipinski definition) is 2. The Hall–Kier alpha value is -1.62. The highest BCUT2D eigenvalue weighted by Crippen LogP contribution is 2.21. The predicted octanol–water partition coefficient (Wildman–Crippen LogP) is -0.293. The molecule has 0 saturated heterocycles. The number of H-pyrrole nitrogens is 1. The van der Waals surface area contributed by atoms with Crippen LogP contribution in [0.4, 0.5) is 0 Å². The lowest BCUT2D eigenvalue weighted by Crippen LogP contribution is -2.33. The summed E-state index contributed by atoms with van der Waals surface area (Å²) in [6.45, 7) is 1.70. The van der Waals surface area contributed by atoms with Crippen molar-refractivity contribution in [1.82, 2.24) is 9.55 Å². The number of nitrogens with zero attached hydrogens (tertiary/aromatic N) is 1. The SMILES string of the molecule is Cc1cc(=O)[nH]c(=O)n1[C@H]1C=C[C@@H](O)C1. The second kappa shape index (κ2) is 3.51. The molecule has 0 saturated carbocycles. The minimum absolute atomic E-state index is 0.163. The van der Waals surface area contributed by atoms with Gasteiger partial charge in [0, 0.05) is 18.2 Å². The van der Waals surface area contributed by atoms with E-state index in [-0.39, 0.29) is 6.04 Å². The van der Waals surface area contributed by atoms with Gasteiger partial charge in [-0.3, -0.25) is 14.3 Å². The average molecular weight is 208 g/mol. The third-order valence-corrected chi connectivity index (χ3v) is 2.54. The van der Waals surface area contributed by atoms with Crippen LogP contribution in [0.5, 0.6) is 0 Å².